The fraction of sp³-hybridized carbons (Fsp3) is 0.412. The van der Waals surface area contributed by atoms with Crippen LogP contribution in [-0.2, 0) is 17.5 Å². The Bertz CT molecular complexity index is 862. The predicted octanol–water partition coefficient (Wildman–Crippen LogP) is 2.83. The quantitative estimate of drug-likeness (QED) is 0.833. The normalized spacial score (nSPS) is 15.2. The first-order chi connectivity index (χ1) is 12.7. The zero-order valence-electron chi connectivity index (χ0n) is 14.7. The first-order valence-corrected chi connectivity index (χ1v) is 8.36. The van der Waals surface area contributed by atoms with Gasteiger partial charge in [0, 0.05) is 12.1 Å². The largest absolute Gasteiger partial charge is 0.451 e. The number of carbonyl (C=O) groups excluding carboxylic acids is 2. The molecule has 0 saturated heterocycles. The molecule has 10 heteroatoms. The van der Waals surface area contributed by atoms with Crippen LogP contribution < -0.4 is 5.32 Å². The number of amides is 2. The van der Waals surface area contributed by atoms with Crippen molar-refractivity contribution in [2.45, 2.75) is 39.0 Å². The van der Waals surface area contributed by atoms with Gasteiger partial charge < -0.3 is 4.90 Å². The number of rotatable bonds is 5. The summed E-state index contributed by atoms with van der Waals surface area (Å²) in [5.41, 5.74) is 1.33. The van der Waals surface area contributed by atoms with Gasteiger partial charge >= 0.3 is 6.18 Å². The molecular formula is C17H18F3N5O2. The molecule has 0 unspecified atom stereocenters. The zero-order valence-corrected chi connectivity index (χ0v) is 14.7. The molecule has 2 aromatic rings. The molecule has 3 rings (SSSR count). The first-order valence-electron chi connectivity index (χ1n) is 8.36. The number of aromatic amines is 1. The van der Waals surface area contributed by atoms with Gasteiger partial charge in [-0.1, -0.05) is 32.0 Å². The molecule has 0 bridgehead atoms. The fourth-order valence-corrected chi connectivity index (χ4v) is 2.99. The molecule has 2 N–H and O–H groups in total. The third-order valence-corrected chi connectivity index (χ3v) is 4.21. The topological polar surface area (TPSA) is 91.0 Å². The van der Waals surface area contributed by atoms with Gasteiger partial charge in [0.25, 0.3) is 5.91 Å². The summed E-state index contributed by atoms with van der Waals surface area (Å²) in [6.45, 7) is 4.05. The minimum Gasteiger partial charge on any atom is -0.322 e. The molecule has 0 fully saturated rings. The minimum absolute atomic E-state index is 0.0788. The number of nitrogens with zero attached hydrogens (tertiary/aromatic N) is 3. The molecule has 1 aromatic heterocycles. The lowest BCUT2D eigenvalue weighted by Gasteiger charge is -2.27. The van der Waals surface area contributed by atoms with E-state index in [-0.39, 0.29) is 18.4 Å². The smallest absolute Gasteiger partial charge is 0.322 e. The van der Waals surface area contributed by atoms with E-state index >= 15 is 0 Å². The Kier molecular flexibility index (Phi) is 4.90. The van der Waals surface area contributed by atoms with Gasteiger partial charge in [-0.15, -0.1) is 5.10 Å². The SMILES string of the molecule is CC(C)C[C@@H](C(=O)Nc1n[nH]c(C(F)(F)F)n1)N1Cc2ccccc2C1=O. The van der Waals surface area contributed by atoms with E-state index in [4.69, 9.17) is 0 Å². The molecule has 144 valence electrons. The maximum absolute atomic E-state index is 12.7. The zero-order chi connectivity index (χ0) is 19.8. The maximum Gasteiger partial charge on any atom is 0.451 e. The Hall–Kier alpha value is -2.91. The standard InChI is InChI=1S/C17H18F3N5O2/c1-9(2)7-12(25-8-10-5-3-4-6-11(10)14(25)27)13(26)21-16-22-15(23-24-16)17(18,19)20/h3-6,9,12H,7-8H2,1-2H3,(H2,21,22,23,24,26)/t12-/m0/s1. The molecule has 0 spiro atoms. The number of H-pyrrole nitrogens is 1. The second-order valence-electron chi connectivity index (χ2n) is 6.73. The molecule has 0 saturated carbocycles. The number of nitrogens with one attached hydrogen (secondary N) is 2. The van der Waals surface area contributed by atoms with Gasteiger partial charge in [0.1, 0.15) is 6.04 Å². The van der Waals surface area contributed by atoms with Gasteiger partial charge in [0.15, 0.2) is 0 Å². The highest BCUT2D eigenvalue weighted by Crippen LogP contribution is 2.28. The Morgan fingerprint density at radius 2 is 2.04 bits per heavy atom. The summed E-state index contributed by atoms with van der Waals surface area (Å²) in [6, 6.07) is 6.19. The Morgan fingerprint density at radius 3 is 2.63 bits per heavy atom. The van der Waals surface area contributed by atoms with Crippen LogP contribution >= 0.6 is 0 Å². The van der Waals surface area contributed by atoms with E-state index in [2.05, 4.69) is 15.4 Å². The van der Waals surface area contributed by atoms with E-state index in [9.17, 15) is 22.8 Å². The lowest BCUT2D eigenvalue weighted by molar-refractivity contribution is -0.144. The van der Waals surface area contributed by atoms with Crippen molar-refractivity contribution in [3.05, 3.63) is 41.2 Å². The summed E-state index contributed by atoms with van der Waals surface area (Å²) < 4.78 is 37.9. The molecular weight excluding hydrogens is 363 g/mol. The number of alkyl halides is 3. The van der Waals surface area contributed by atoms with Crippen molar-refractivity contribution in [3.63, 3.8) is 0 Å². The Morgan fingerprint density at radius 1 is 1.33 bits per heavy atom. The van der Waals surface area contributed by atoms with E-state index in [0.29, 0.717) is 12.0 Å². The van der Waals surface area contributed by atoms with Gasteiger partial charge in [0.2, 0.25) is 17.7 Å². The van der Waals surface area contributed by atoms with Crippen LogP contribution in [0.4, 0.5) is 19.1 Å². The third-order valence-electron chi connectivity index (χ3n) is 4.21. The van der Waals surface area contributed by atoms with Crippen LogP contribution in [0.15, 0.2) is 24.3 Å². The Labute approximate surface area is 153 Å². The van der Waals surface area contributed by atoms with Gasteiger partial charge in [-0.05, 0) is 24.0 Å². The molecule has 27 heavy (non-hydrogen) atoms. The molecule has 1 aliphatic rings. The fourth-order valence-electron chi connectivity index (χ4n) is 2.99. The van der Waals surface area contributed by atoms with E-state index in [1.54, 1.807) is 23.3 Å². The monoisotopic (exact) mass is 381 g/mol. The molecule has 2 amide bonds. The lowest BCUT2D eigenvalue weighted by Crippen LogP contribution is -2.45. The summed E-state index contributed by atoms with van der Waals surface area (Å²) in [6.07, 6.45) is -4.35. The lowest BCUT2D eigenvalue weighted by atomic mass is 10.0. The van der Waals surface area contributed by atoms with Gasteiger partial charge in [-0.2, -0.15) is 18.2 Å². The molecule has 2 heterocycles. The molecule has 0 aliphatic carbocycles. The number of halogens is 3. The van der Waals surface area contributed by atoms with Crippen LogP contribution in [0.3, 0.4) is 0 Å². The maximum atomic E-state index is 12.7. The predicted molar refractivity (Wildman–Crippen MR) is 89.6 cm³/mol. The summed E-state index contributed by atoms with van der Waals surface area (Å²) in [4.78, 5) is 30.1. The number of benzene rings is 1. The van der Waals surface area contributed by atoms with Crippen LogP contribution in [0.25, 0.3) is 0 Å². The van der Waals surface area contributed by atoms with E-state index in [1.807, 2.05) is 19.9 Å². The van der Waals surface area contributed by atoms with Crippen molar-refractivity contribution < 1.29 is 22.8 Å². The molecule has 7 nitrogen and oxygen atoms in total. The van der Waals surface area contributed by atoms with E-state index in [0.717, 1.165) is 5.56 Å². The number of carbonyl (C=O) groups is 2. The van der Waals surface area contributed by atoms with Crippen molar-refractivity contribution in [3.8, 4) is 0 Å². The van der Waals surface area contributed by atoms with Crippen LogP contribution in [0.2, 0.25) is 0 Å². The van der Waals surface area contributed by atoms with Crippen LogP contribution in [0.1, 0.15) is 42.0 Å². The summed E-state index contributed by atoms with van der Waals surface area (Å²) in [5, 5.41) is 7.40. The van der Waals surface area contributed by atoms with Gasteiger partial charge in [-0.3, -0.25) is 20.0 Å². The molecule has 0 radical (unpaired) electrons. The van der Waals surface area contributed by atoms with Crippen molar-refractivity contribution >= 4 is 17.8 Å². The Balaban J connectivity index is 1.80. The number of aromatic nitrogens is 3. The highest BCUT2D eigenvalue weighted by atomic mass is 19.4. The molecule has 1 aromatic carbocycles. The summed E-state index contributed by atoms with van der Waals surface area (Å²) in [5.74, 6) is -2.61. The van der Waals surface area contributed by atoms with Crippen LogP contribution in [-0.4, -0.2) is 37.9 Å². The van der Waals surface area contributed by atoms with E-state index < -0.39 is 29.9 Å². The van der Waals surface area contributed by atoms with Crippen LogP contribution in [0, 0.1) is 5.92 Å². The van der Waals surface area contributed by atoms with Crippen molar-refractivity contribution in [2.75, 3.05) is 5.32 Å². The van der Waals surface area contributed by atoms with Gasteiger partial charge in [-0.25, -0.2) is 0 Å². The van der Waals surface area contributed by atoms with Crippen molar-refractivity contribution in [1.82, 2.24) is 20.1 Å². The average molecular weight is 381 g/mol. The molecule has 1 aliphatic heterocycles. The highest BCUT2D eigenvalue weighted by molar-refractivity contribution is 6.03. The van der Waals surface area contributed by atoms with Crippen molar-refractivity contribution in [2.24, 2.45) is 5.92 Å². The second kappa shape index (κ2) is 7.01. The highest BCUT2D eigenvalue weighted by Gasteiger charge is 2.38. The van der Waals surface area contributed by atoms with Crippen molar-refractivity contribution in [1.29, 1.82) is 0 Å². The number of anilines is 1. The second-order valence-corrected chi connectivity index (χ2v) is 6.73. The number of hydrogen-bond acceptors (Lipinski definition) is 4. The summed E-state index contributed by atoms with van der Waals surface area (Å²) in [7, 11) is 0. The van der Waals surface area contributed by atoms with Crippen LogP contribution in [0.5, 0.6) is 0 Å². The third kappa shape index (κ3) is 3.93. The number of fused-ring (bicyclic) bond motifs is 1. The van der Waals surface area contributed by atoms with E-state index in [1.165, 1.54) is 4.90 Å². The minimum atomic E-state index is -4.69. The van der Waals surface area contributed by atoms with Gasteiger partial charge in [0.05, 0.1) is 0 Å². The first kappa shape index (κ1) is 18.9. The summed E-state index contributed by atoms with van der Waals surface area (Å²) >= 11 is 0. The molecule has 1 atom stereocenters. The number of hydrogen-bond donors (Lipinski definition) is 2. The average Bonchev–Trinajstić information content (AvgIpc) is 3.18.